The molecule has 2 atom stereocenters. The van der Waals surface area contributed by atoms with Crippen LogP contribution in [0.3, 0.4) is 0 Å². The number of hydrazone groups is 1. The highest BCUT2D eigenvalue weighted by atomic mass is 16.6. The number of amides is 3. The largest absolute Gasteiger partial charge is 0.507 e. The summed E-state index contributed by atoms with van der Waals surface area (Å²) >= 11 is 0. The van der Waals surface area contributed by atoms with Gasteiger partial charge < -0.3 is 5.11 Å². The number of nitrogens with zero attached hydrogens (tertiary/aromatic N) is 3. The van der Waals surface area contributed by atoms with E-state index >= 15 is 0 Å². The van der Waals surface area contributed by atoms with Gasteiger partial charge in [-0.25, -0.2) is 10.3 Å². The summed E-state index contributed by atoms with van der Waals surface area (Å²) in [6, 6.07) is 25.6. The number of benzene rings is 4. The second-order valence-corrected chi connectivity index (χ2v) is 11.0. The van der Waals surface area contributed by atoms with Gasteiger partial charge in [0.1, 0.15) is 5.75 Å². The molecule has 10 heteroatoms. The van der Waals surface area contributed by atoms with E-state index in [1.54, 1.807) is 12.1 Å². The number of nitro groups is 1. The van der Waals surface area contributed by atoms with Crippen LogP contribution in [0.4, 0.5) is 11.4 Å². The molecule has 1 aliphatic heterocycles. The van der Waals surface area contributed by atoms with Crippen LogP contribution >= 0.6 is 0 Å². The number of non-ortho nitro benzene ring substituents is 1. The molecule has 212 valence electrons. The van der Waals surface area contributed by atoms with Crippen LogP contribution in [0.1, 0.15) is 44.1 Å². The first-order valence-corrected chi connectivity index (χ1v) is 13.7. The van der Waals surface area contributed by atoms with Crippen molar-refractivity contribution in [2.24, 2.45) is 16.9 Å². The summed E-state index contributed by atoms with van der Waals surface area (Å²) in [5.74, 6) is -3.87. The number of anilines is 1. The van der Waals surface area contributed by atoms with E-state index in [1.807, 2.05) is 67.6 Å². The minimum absolute atomic E-state index is 0.295. The summed E-state index contributed by atoms with van der Waals surface area (Å²) in [7, 11) is 0. The number of phenols is 1. The van der Waals surface area contributed by atoms with E-state index in [0.717, 1.165) is 46.0 Å². The quantitative estimate of drug-likeness (QED) is 0.155. The zero-order valence-electron chi connectivity index (χ0n) is 22.8. The Morgan fingerprint density at radius 3 is 2.21 bits per heavy atom. The molecule has 0 unspecified atom stereocenters. The summed E-state index contributed by atoms with van der Waals surface area (Å²) in [4.78, 5) is 53.4. The Kier molecular flexibility index (Phi) is 5.77. The molecule has 2 N–H and O–H groups in total. The number of carbonyl (C=O) groups excluding carboxylic acids is 3. The molecule has 3 aliphatic carbocycles. The van der Waals surface area contributed by atoms with E-state index < -0.39 is 33.8 Å². The van der Waals surface area contributed by atoms with Crippen molar-refractivity contribution in [2.45, 2.75) is 18.3 Å². The number of hydrogen-bond acceptors (Lipinski definition) is 7. The fraction of sp³-hybridized carbons (Fsp3) is 0.152. The average molecular weight is 573 g/mol. The van der Waals surface area contributed by atoms with E-state index in [0.29, 0.717) is 5.69 Å². The van der Waals surface area contributed by atoms with Crippen molar-refractivity contribution in [3.63, 3.8) is 0 Å². The van der Waals surface area contributed by atoms with E-state index in [1.165, 1.54) is 11.1 Å². The smallest absolute Gasteiger partial charge is 0.275 e. The summed E-state index contributed by atoms with van der Waals surface area (Å²) in [6.45, 7) is 1.93. The Bertz CT molecular complexity index is 1850. The van der Waals surface area contributed by atoms with Gasteiger partial charge in [-0.05, 0) is 47.4 Å². The number of aromatic hydroxyl groups is 1. The highest BCUT2D eigenvalue weighted by Gasteiger charge is 2.68. The Morgan fingerprint density at radius 2 is 1.58 bits per heavy atom. The molecule has 4 aromatic carbocycles. The molecule has 4 aromatic rings. The molecule has 2 bridgehead atoms. The fourth-order valence-corrected chi connectivity index (χ4v) is 7.07. The first-order chi connectivity index (χ1) is 20.7. The normalized spacial score (nSPS) is 23.2. The number of imide groups is 1. The molecule has 0 aromatic heterocycles. The van der Waals surface area contributed by atoms with E-state index in [-0.39, 0.29) is 29.0 Å². The average Bonchev–Trinajstić information content (AvgIpc) is 3.28. The van der Waals surface area contributed by atoms with Crippen LogP contribution in [-0.2, 0) is 15.0 Å². The molecule has 43 heavy (non-hydrogen) atoms. The molecule has 1 fully saturated rings. The minimum Gasteiger partial charge on any atom is -0.507 e. The Morgan fingerprint density at radius 1 is 0.953 bits per heavy atom. The second kappa shape index (κ2) is 9.45. The van der Waals surface area contributed by atoms with Gasteiger partial charge in [-0.1, -0.05) is 66.2 Å². The molecule has 0 saturated carbocycles. The summed E-state index contributed by atoms with van der Waals surface area (Å²) in [5, 5.41) is 25.7. The van der Waals surface area contributed by atoms with Gasteiger partial charge in [0.15, 0.2) is 0 Å². The molecule has 4 aliphatic rings. The van der Waals surface area contributed by atoms with Crippen molar-refractivity contribution in [2.75, 3.05) is 4.90 Å². The maximum absolute atomic E-state index is 14.4. The standard InChI is InChI=1S/C33H24N4O6/c1-18-10-12-19(13-11-18)36-31(40)28-27-21-6-2-4-8-24(21)33(29(28)32(36)41,25-9-5-3-7-22(25)27)17-34-35-30(39)23-16-20(37(42)43)14-15-26(23)38/h2-17,27-29,38H,1H3,(H,35,39)/b34-17-/t27?,28-,29-,33?/m1/s1. The number of nitrogens with one attached hydrogen (secondary N) is 1. The van der Waals surface area contributed by atoms with Crippen LogP contribution in [0, 0.1) is 28.9 Å². The molecule has 0 spiro atoms. The molecule has 3 amide bonds. The number of aryl methyl sites for hydroxylation is 1. The highest BCUT2D eigenvalue weighted by molar-refractivity contribution is 6.25. The Labute approximate surface area is 245 Å². The van der Waals surface area contributed by atoms with Gasteiger partial charge in [0, 0.05) is 24.3 Å². The minimum atomic E-state index is -1.21. The number of phenolic OH excluding ortho intramolecular Hbond substituents is 1. The third kappa shape index (κ3) is 3.66. The van der Waals surface area contributed by atoms with Crippen LogP contribution < -0.4 is 10.3 Å². The summed E-state index contributed by atoms with van der Waals surface area (Å²) in [5.41, 5.74) is 5.39. The zero-order chi connectivity index (χ0) is 30.0. The second-order valence-electron chi connectivity index (χ2n) is 11.0. The van der Waals surface area contributed by atoms with Crippen molar-refractivity contribution in [3.8, 4) is 5.75 Å². The van der Waals surface area contributed by atoms with Crippen molar-refractivity contribution in [3.05, 3.63) is 134 Å². The molecule has 8 rings (SSSR count). The molecular formula is C33H24N4O6. The molecule has 1 heterocycles. The molecule has 0 radical (unpaired) electrons. The highest BCUT2D eigenvalue weighted by Crippen LogP contribution is 2.63. The molecule has 10 nitrogen and oxygen atoms in total. The maximum Gasteiger partial charge on any atom is 0.275 e. The number of rotatable bonds is 5. The first kappa shape index (κ1) is 26.3. The van der Waals surface area contributed by atoms with Crippen molar-refractivity contribution < 1.29 is 24.4 Å². The van der Waals surface area contributed by atoms with Crippen LogP contribution in [0.25, 0.3) is 0 Å². The van der Waals surface area contributed by atoms with Gasteiger partial charge in [0.05, 0.1) is 33.4 Å². The Hall–Kier alpha value is -5.64. The number of carbonyl (C=O) groups is 3. The Balaban J connectivity index is 1.37. The van der Waals surface area contributed by atoms with Gasteiger partial charge in [0.25, 0.3) is 11.6 Å². The van der Waals surface area contributed by atoms with Crippen LogP contribution in [0.15, 0.2) is 96.1 Å². The lowest BCUT2D eigenvalue weighted by Crippen LogP contribution is -2.54. The van der Waals surface area contributed by atoms with E-state index in [2.05, 4.69) is 10.5 Å². The van der Waals surface area contributed by atoms with Gasteiger partial charge in [0.2, 0.25) is 11.8 Å². The fourth-order valence-electron chi connectivity index (χ4n) is 7.07. The summed E-state index contributed by atoms with van der Waals surface area (Å²) in [6.07, 6.45) is 1.49. The van der Waals surface area contributed by atoms with Crippen LogP contribution in [0.2, 0.25) is 0 Å². The van der Waals surface area contributed by atoms with Gasteiger partial charge in [-0.15, -0.1) is 0 Å². The summed E-state index contributed by atoms with van der Waals surface area (Å²) < 4.78 is 0. The lowest BCUT2D eigenvalue weighted by Gasteiger charge is -2.52. The van der Waals surface area contributed by atoms with Crippen molar-refractivity contribution >= 4 is 35.3 Å². The van der Waals surface area contributed by atoms with Gasteiger partial charge in [-0.3, -0.25) is 24.5 Å². The topological polar surface area (TPSA) is 142 Å². The van der Waals surface area contributed by atoms with Crippen LogP contribution in [0.5, 0.6) is 5.75 Å². The SMILES string of the molecule is Cc1ccc(N2C(=O)[C@@H]3C4c5ccccc5C(/C=N\NC(=O)c5cc([N+](=O)[O-])ccc5O)(c5ccccc54)[C@H]3C2=O)cc1. The maximum atomic E-state index is 14.4. The third-order valence-electron chi connectivity index (χ3n) is 8.85. The molecular weight excluding hydrogens is 548 g/mol. The lowest BCUT2D eigenvalue weighted by molar-refractivity contribution is -0.384. The third-order valence-corrected chi connectivity index (χ3v) is 8.85. The lowest BCUT2D eigenvalue weighted by atomic mass is 9.47. The monoisotopic (exact) mass is 572 g/mol. The number of nitro benzene ring substituents is 1. The van der Waals surface area contributed by atoms with Gasteiger partial charge in [-0.2, -0.15) is 5.10 Å². The first-order valence-electron chi connectivity index (χ1n) is 13.7. The molecule has 1 saturated heterocycles. The van der Waals surface area contributed by atoms with Crippen molar-refractivity contribution in [1.82, 2.24) is 5.43 Å². The van der Waals surface area contributed by atoms with Crippen molar-refractivity contribution in [1.29, 1.82) is 0 Å². The van der Waals surface area contributed by atoms with Crippen LogP contribution in [-0.4, -0.2) is 34.0 Å². The predicted octanol–water partition coefficient (Wildman–Crippen LogP) is 4.58. The number of hydrogen-bond donors (Lipinski definition) is 2. The zero-order valence-corrected chi connectivity index (χ0v) is 22.8. The van der Waals surface area contributed by atoms with E-state index in [4.69, 9.17) is 0 Å². The van der Waals surface area contributed by atoms with Gasteiger partial charge >= 0.3 is 0 Å². The van der Waals surface area contributed by atoms with E-state index in [9.17, 15) is 29.6 Å². The predicted molar refractivity (Wildman–Crippen MR) is 157 cm³/mol.